The summed E-state index contributed by atoms with van der Waals surface area (Å²) in [6.07, 6.45) is 7.59. The third-order valence-corrected chi connectivity index (χ3v) is 6.72. The molecule has 1 saturated carbocycles. The van der Waals surface area contributed by atoms with Crippen LogP contribution in [0.4, 0.5) is 0 Å². The second-order valence-corrected chi connectivity index (χ2v) is 8.64. The van der Waals surface area contributed by atoms with Crippen molar-refractivity contribution in [1.29, 1.82) is 0 Å². The first-order valence-corrected chi connectivity index (χ1v) is 11.3. The van der Waals surface area contributed by atoms with Crippen LogP contribution in [0.2, 0.25) is 0 Å². The number of thioether (sulfide) groups is 1. The van der Waals surface area contributed by atoms with Gasteiger partial charge in [0, 0.05) is 25.2 Å². The molecule has 1 amide bonds. The largest absolute Gasteiger partial charge is 0.469 e. The molecule has 1 aliphatic heterocycles. The van der Waals surface area contributed by atoms with Gasteiger partial charge in [-0.1, -0.05) is 31.0 Å². The van der Waals surface area contributed by atoms with E-state index in [-0.39, 0.29) is 17.2 Å². The smallest absolute Gasteiger partial charge is 0.277 e. The summed E-state index contributed by atoms with van der Waals surface area (Å²) in [6, 6.07) is 1.79. The molecule has 158 valence electrons. The Morgan fingerprint density at radius 3 is 2.76 bits per heavy atom. The molecule has 8 nitrogen and oxygen atoms in total. The first-order valence-electron chi connectivity index (χ1n) is 10.3. The standard InChI is InChI=1S/C20H28N4O4S/c1-15-16(5-10-27-15)18-22-23-19(28-18)29-13-17(25)21-14-20(6-3-2-4-7-20)24-8-11-26-12-9-24/h5,10H,2-4,6-9,11-14H2,1H3,(H,21,25). The molecule has 0 atom stereocenters. The normalized spacial score (nSPS) is 19.9. The fourth-order valence-electron chi connectivity index (χ4n) is 4.28. The van der Waals surface area contributed by atoms with Gasteiger partial charge in [-0.25, -0.2) is 0 Å². The van der Waals surface area contributed by atoms with Gasteiger partial charge in [-0.05, 0) is 25.8 Å². The Labute approximate surface area is 174 Å². The lowest BCUT2D eigenvalue weighted by Gasteiger charge is -2.48. The minimum Gasteiger partial charge on any atom is -0.469 e. The van der Waals surface area contributed by atoms with Crippen LogP contribution < -0.4 is 5.32 Å². The molecular formula is C20H28N4O4S. The Morgan fingerprint density at radius 1 is 1.24 bits per heavy atom. The topological polar surface area (TPSA) is 93.6 Å². The Hall–Kier alpha value is -1.84. The summed E-state index contributed by atoms with van der Waals surface area (Å²) in [5.41, 5.74) is 0.845. The van der Waals surface area contributed by atoms with Gasteiger partial charge in [-0.15, -0.1) is 10.2 Å². The molecule has 0 bridgehead atoms. The number of carbonyl (C=O) groups excluding carboxylic acids is 1. The maximum atomic E-state index is 12.5. The van der Waals surface area contributed by atoms with Crippen LogP contribution in [0, 0.1) is 6.92 Å². The zero-order chi connectivity index (χ0) is 20.1. The van der Waals surface area contributed by atoms with Gasteiger partial charge in [0.1, 0.15) is 5.76 Å². The molecule has 0 aromatic carbocycles. The van der Waals surface area contributed by atoms with Crippen molar-refractivity contribution in [3.63, 3.8) is 0 Å². The molecule has 3 heterocycles. The van der Waals surface area contributed by atoms with Gasteiger partial charge in [-0.2, -0.15) is 0 Å². The molecule has 9 heteroatoms. The molecule has 1 saturated heterocycles. The Bertz CT molecular complexity index is 809. The van der Waals surface area contributed by atoms with Gasteiger partial charge in [-0.3, -0.25) is 9.69 Å². The number of aryl methyl sites for hydroxylation is 1. The molecule has 2 aromatic rings. The molecule has 0 spiro atoms. The van der Waals surface area contributed by atoms with Crippen molar-refractivity contribution in [1.82, 2.24) is 20.4 Å². The Balaban J connectivity index is 1.30. The van der Waals surface area contributed by atoms with E-state index in [1.807, 2.05) is 6.92 Å². The van der Waals surface area contributed by atoms with Crippen molar-refractivity contribution >= 4 is 17.7 Å². The lowest BCUT2D eigenvalue weighted by Crippen LogP contribution is -2.59. The number of amides is 1. The second-order valence-electron chi connectivity index (χ2n) is 7.71. The molecule has 4 rings (SSSR count). The molecule has 0 radical (unpaired) electrons. The van der Waals surface area contributed by atoms with Crippen molar-refractivity contribution in [2.45, 2.75) is 49.8 Å². The van der Waals surface area contributed by atoms with Crippen molar-refractivity contribution in [2.75, 3.05) is 38.6 Å². The summed E-state index contributed by atoms with van der Waals surface area (Å²) in [4.78, 5) is 15.0. The number of hydrogen-bond donors (Lipinski definition) is 1. The van der Waals surface area contributed by atoms with E-state index in [1.54, 1.807) is 12.3 Å². The van der Waals surface area contributed by atoms with Gasteiger partial charge in [0.25, 0.3) is 11.1 Å². The predicted octanol–water partition coefficient (Wildman–Crippen LogP) is 2.88. The third-order valence-electron chi connectivity index (χ3n) is 5.90. The lowest BCUT2D eigenvalue weighted by molar-refractivity contribution is -0.119. The summed E-state index contributed by atoms with van der Waals surface area (Å²) >= 11 is 1.26. The number of aromatic nitrogens is 2. The van der Waals surface area contributed by atoms with E-state index in [4.69, 9.17) is 13.6 Å². The van der Waals surface area contributed by atoms with Crippen LogP contribution in [-0.4, -0.2) is 65.1 Å². The van der Waals surface area contributed by atoms with Crippen LogP contribution in [0.15, 0.2) is 26.4 Å². The van der Waals surface area contributed by atoms with E-state index in [0.29, 0.717) is 17.7 Å². The Kier molecular flexibility index (Phi) is 6.56. The minimum atomic E-state index is -0.00699. The number of ether oxygens (including phenoxy) is 1. The molecule has 2 fully saturated rings. The molecule has 0 unspecified atom stereocenters. The molecule has 29 heavy (non-hydrogen) atoms. The van der Waals surface area contributed by atoms with Crippen molar-refractivity contribution in [2.24, 2.45) is 0 Å². The van der Waals surface area contributed by atoms with E-state index < -0.39 is 0 Å². The Morgan fingerprint density at radius 2 is 2.03 bits per heavy atom. The molecule has 1 aliphatic carbocycles. The maximum absolute atomic E-state index is 12.5. The quantitative estimate of drug-likeness (QED) is 0.684. The van der Waals surface area contributed by atoms with Gasteiger partial charge < -0.3 is 18.9 Å². The summed E-state index contributed by atoms with van der Waals surface area (Å²) in [5.74, 6) is 1.38. The van der Waals surface area contributed by atoms with E-state index in [2.05, 4.69) is 20.4 Å². The fraction of sp³-hybridized carbons (Fsp3) is 0.650. The molecular weight excluding hydrogens is 392 g/mol. The average Bonchev–Trinajstić information content (AvgIpc) is 3.40. The van der Waals surface area contributed by atoms with E-state index in [9.17, 15) is 4.79 Å². The van der Waals surface area contributed by atoms with Crippen LogP contribution in [0.1, 0.15) is 37.9 Å². The highest BCUT2D eigenvalue weighted by Gasteiger charge is 2.38. The number of hydrogen-bond acceptors (Lipinski definition) is 8. The SMILES string of the molecule is Cc1occc1-c1nnc(SCC(=O)NCC2(N3CCOCC3)CCCCC2)o1. The van der Waals surface area contributed by atoms with Crippen LogP contribution in [0.3, 0.4) is 0 Å². The highest BCUT2D eigenvalue weighted by Crippen LogP contribution is 2.34. The van der Waals surface area contributed by atoms with Crippen LogP contribution in [0.5, 0.6) is 0 Å². The molecule has 2 aliphatic rings. The van der Waals surface area contributed by atoms with Gasteiger partial charge in [0.05, 0.1) is 30.8 Å². The summed E-state index contributed by atoms with van der Waals surface area (Å²) < 4.78 is 16.4. The first-order chi connectivity index (χ1) is 14.2. The zero-order valence-corrected chi connectivity index (χ0v) is 17.6. The minimum absolute atomic E-state index is 0.00699. The number of carbonyl (C=O) groups is 1. The number of rotatable bonds is 7. The van der Waals surface area contributed by atoms with E-state index >= 15 is 0 Å². The zero-order valence-electron chi connectivity index (χ0n) is 16.8. The first kappa shape index (κ1) is 20.4. The van der Waals surface area contributed by atoms with Crippen molar-refractivity contribution < 1.29 is 18.4 Å². The number of nitrogens with zero attached hydrogens (tertiary/aromatic N) is 3. The fourth-order valence-corrected chi connectivity index (χ4v) is 4.87. The van der Waals surface area contributed by atoms with Crippen molar-refractivity contribution in [3.8, 4) is 11.5 Å². The average molecular weight is 421 g/mol. The van der Waals surface area contributed by atoms with Gasteiger partial charge in [0.2, 0.25) is 5.91 Å². The van der Waals surface area contributed by atoms with E-state index in [1.165, 1.54) is 31.0 Å². The van der Waals surface area contributed by atoms with E-state index in [0.717, 1.165) is 50.5 Å². The summed E-state index contributed by atoms with van der Waals surface area (Å²) in [6.45, 7) is 5.99. The number of morpholine rings is 1. The van der Waals surface area contributed by atoms with Crippen LogP contribution >= 0.6 is 11.8 Å². The summed E-state index contributed by atoms with van der Waals surface area (Å²) in [5, 5.41) is 11.6. The van der Waals surface area contributed by atoms with Crippen LogP contribution in [0.25, 0.3) is 11.5 Å². The highest BCUT2D eigenvalue weighted by atomic mass is 32.2. The number of nitrogens with one attached hydrogen (secondary N) is 1. The maximum Gasteiger partial charge on any atom is 0.277 e. The lowest BCUT2D eigenvalue weighted by atomic mass is 9.79. The van der Waals surface area contributed by atoms with Crippen molar-refractivity contribution in [3.05, 3.63) is 18.1 Å². The van der Waals surface area contributed by atoms with Gasteiger partial charge >= 0.3 is 0 Å². The van der Waals surface area contributed by atoms with Crippen LogP contribution in [-0.2, 0) is 9.53 Å². The summed E-state index contributed by atoms with van der Waals surface area (Å²) in [7, 11) is 0. The highest BCUT2D eigenvalue weighted by molar-refractivity contribution is 7.99. The molecule has 2 aromatic heterocycles. The number of furan rings is 1. The van der Waals surface area contributed by atoms with Gasteiger partial charge in [0.15, 0.2) is 0 Å². The second kappa shape index (κ2) is 9.32. The third kappa shape index (κ3) is 4.84. The predicted molar refractivity (Wildman–Crippen MR) is 109 cm³/mol. The molecule has 1 N–H and O–H groups in total. The monoisotopic (exact) mass is 420 g/mol.